The molecule has 1 aliphatic heterocycles. The van der Waals surface area contributed by atoms with Crippen LogP contribution in [0.15, 0.2) is 29.3 Å². The summed E-state index contributed by atoms with van der Waals surface area (Å²) in [5.41, 5.74) is 0.684. The number of rotatable bonds is 9. The van der Waals surface area contributed by atoms with Crippen molar-refractivity contribution in [3.05, 3.63) is 34.9 Å². The Balaban J connectivity index is 0.00000450. The summed E-state index contributed by atoms with van der Waals surface area (Å²) in [7, 11) is 0. The van der Waals surface area contributed by atoms with Gasteiger partial charge in [0.1, 0.15) is 6.10 Å². The number of nitrogens with zero attached hydrogens (tertiary/aromatic N) is 2. The summed E-state index contributed by atoms with van der Waals surface area (Å²) in [6, 6.07) is 7.57. The van der Waals surface area contributed by atoms with Crippen molar-refractivity contribution in [1.82, 2.24) is 20.9 Å². The van der Waals surface area contributed by atoms with Gasteiger partial charge >= 0.3 is 0 Å². The molecular formula is C21H35ClIN5O2. The predicted octanol–water partition coefficient (Wildman–Crippen LogP) is 2.54. The van der Waals surface area contributed by atoms with Gasteiger partial charge in [0, 0.05) is 42.8 Å². The number of nitrogens with one attached hydrogen (secondary N) is 3. The molecule has 0 aliphatic carbocycles. The molecule has 170 valence electrons. The van der Waals surface area contributed by atoms with E-state index in [0.29, 0.717) is 29.1 Å². The fourth-order valence-electron chi connectivity index (χ4n) is 3.29. The minimum absolute atomic E-state index is 0. The van der Waals surface area contributed by atoms with Gasteiger partial charge in [-0.05, 0) is 32.3 Å². The normalized spacial score (nSPS) is 16.5. The minimum Gasteiger partial charge on any atom is -0.386 e. The number of hydrogen-bond donors (Lipinski definition) is 4. The summed E-state index contributed by atoms with van der Waals surface area (Å²) in [5.74, 6) is 0.791. The molecule has 1 aromatic carbocycles. The average Bonchev–Trinajstić information content (AvgIpc) is 2.72. The van der Waals surface area contributed by atoms with Gasteiger partial charge < -0.3 is 21.1 Å². The number of aliphatic hydroxyl groups excluding tert-OH is 1. The lowest BCUT2D eigenvalue weighted by atomic mass is 10.1. The van der Waals surface area contributed by atoms with E-state index in [9.17, 15) is 9.90 Å². The van der Waals surface area contributed by atoms with Crippen molar-refractivity contribution in [3.8, 4) is 0 Å². The Labute approximate surface area is 202 Å². The Morgan fingerprint density at radius 2 is 1.97 bits per heavy atom. The molecule has 0 bridgehead atoms. The lowest BCUT2D eigenvalue weighted by molar-refractivity contribution is -0.122. The van der Waals surface area contributed by atoms with Crippen LogP contribution in [0.25, 0.3) is 0 Å². The maximum absolute atomic E-state index is 11.9. The molecule has 4 N–H and O–H groups in total. The SMILES string of the molecule is CCCNC(=O)CN1CCC(NC(=NCC(O)c2ccccc2Cl)NCC)CC1.I. The first-order valence-corrected chi connectivity index (χ1v) is 10.9. The minimum atomic E-state index is -0.748. The Morgan fingerprint density at radius 1 is 1.27 bits per heavy atom. The third-order valence-corrected chi connectivity index (χ3v) is 5.24. The van der Waals surface area contributed by atoms with Gasteiger partial charge in [0.15, 0.2) is 5.96 Å². The summed E-state index contributed by atoms with van der Waals surface area (Å²) in [5, 5.41) is 20.6. The molecule has 1 saturated heterocycles. The van der Waals surface area contributed by atoms with Crippen LogP contribution in [0.5, 0.6) is 0 Å². The van der Waals surface area contributed by atoms with E-state index in [1.807, 2.05) is 32.0 Å². The molecule has 0 saturated carbocycles. The van der Waals surface area contributed by atoms with E-state index in [2.05, 4.69) is 25.8 Å². The Bertz CT molecular complexity index is 669. The summed E-state index contributed by atoms with van der Waals surface area (Å²) in [6.45, 7) is 7.98. The quantitative estimate of drug-likeness (QED) is 0.215. The number of benzene rings is 1. The van der Waals surface area contributed by atoms with Gasteiger partial charge in [0.05, 0.1) is 13.1 Å². The van der Waals surface area contributed by atoms with Crippen molar-refractivity contribution in [3.63, 3.8) is 0 Å². The lowest BCUT2D eigenvalue weighted by Gasteiger charge is -2.32. The number of aliphatic imine (C=N–C) groups is 1. The summed E-state index contributed by atoms with van der Waals surface area (Å²) >= 11 is 6.16. The van der Waals surface area contributed by atoms with Gasteiger partial charge in [-0.2, -0.15) is 0 Å². The molecule has 1 fully saturated rings. The van der Waals surface area contributed by atoms with Crippen LogP contribution in [-0.2, 0) is 4.79 Å². The van der Waals surface area contributed by atoms with Gasteiger partial charge in [-0.3, -0.25) is 14.7 Å². The van der Waals surface area contributed by atoms with Crippen LogP contribution in [0.4, 0.5) is 0 Å². The zero-order chi connectivity index (χ0) is 21.1. The number of hydrogen-bond acceptors (Lipinski definition) is 4. The largest absolute Gasteiger partial charge is 0.386 e. The number of carbonyl (C=O) groups excluding carboxylic acids is 1. The van der Waals surface area contributed by atoms with Crippen LogP contribution < -0.4 is 16.0 Å². The maximum atomic E-state index is 11.9. The van der Waals surface area contributed by atoms with Crippen LogP contribution in [0.3, 0.4) is 0 Å². The highest BCUT2D eigenvalue weighted by molar-refractivity contribution is 14.0. The summed E-state index contributed by atoms with van der Waals surface area (Å²) in [4.78, 5) is 18.6. The van der Waals surface area contributed by atoms with Crippen molar-refractivity contribution >= 4 is 47.4 Å². The standard InChI is InChI=1S/C21H34ClN5O2.HI/c1-3-11-24-20(29)15-27-12-9-16(10-13-27)26-21(23-4-2)25-14-19(28)17-7-5-6-8-18(17)22;/h5-8,16,19,28H,3-4,9-15H2,1-2H3,(H,24,29)(H2,23,25,26);1H. The monoisotopic (exact) mass is 551 g/mol. The molecule has 1 unspecified atom stereocenters. The number of aliphatic hydroxyl groups is 1. The molecule has 1 amide bonds. The number of likely N-dealkylation sites (tertiary alicyclic amines) is 1. The van der Waals surface area contributed by atoms with Crippen LogP contribution in [-0.4, -0.2) is 67.2 Å². The van der Waals surface area contributed by atoms with E-state index in [0.717, 1.165) is 45.4 Å². The molecule has 30 heavy (non-hydrogen) atoms. The van der Waals surface area contributed by atoms with Crippen molar-refractivity contribution in [2.45, 2.75) is 45.3 Å². The topological polar surface area (TPSA) is 89.0 Å². The van der Waals surface area contributed by atoms with E-state index in [1.165, 1.54) is 0 Å². The van der Waals surface area contributed by atoms with Crippen LogP contribution in [0, 0.1) is 0 Å². The predicted molar refractivity (Wildman–Crippen MR) is 134 cm³/mol. The molecule has 1 aliphatic rings. The first kappa shape index (κ1) is 26.9. The lowest BCUT2D eigenvalue weighted by Crippen LogP contribution is -2.50. The van der Waals surface area contributed by atoms with E-state index >= 15 is 0 Å². The maximum Gasteiger partial charge on any atom is 0.234 e. The fourth-order valence-corrected chi connectivity index (χ4v) is 3.56. The number of guanidine groups is 1. The molecule has 1 atom stereocenters. The van der Waals surface area contributed by atoms with Crippen molar-refractivity contribution in [2.24, 2.45) is 4.99 Å². The van der Waals surface area contributed by atoms with Gasteiger partial charge in [0.25, 0.3) is 0 Å². The smallest absolute Gasteiger partial charge is 0.234 e. The second-order valence-electron chi connectivity index (χ2n) is 7.30. The fraction of sp³-hybridized carbons (Fsp3) is 0.619. The molecule has 9 heteroatoms. The van der Waals surface area contributed by atoms with Crippen molar-refractivity contribution in [2.75, 3.05) is 39.3 Å². The number of carbonyl (C=O) groups is 1. The Hall–Kier alpha value is -1.10. The highest BCUT2D eigenvalue weighted by Crippen LogP contribution is 2.22. The molecule has 1 aromatic rings. The first-order chi connectivity index (χ1) is 14.0. The van der Waals surface area contributed by atoms with Gasteiger partial charge in [-0.25, -0.2) is 0 Å². The van der Waals surface area contributed by atoms with Gasteiger partial charge in [-0.1, -0.05) is 36.7 Å². The molecular weight excluding hydrogens is 517 g/mol. The molecule has 2 rings (SSSR count). The molecule has 0 aromatic heterocycles. The zero-order valence-electron chi connectivity index (χ0n) is 17.9. The Morgan fingerprint density at radius 3 is 2.60 bits per heavy atom. The van der Waals surface area contributed by atoms with Crippen molar-refractivity contribution in [1.29, 1.82) is 0 Å². The summed E-state index contributed by atoms with van der Waals surface area (Å²) < 4.78 is 0. The van der Waals surface area contributed by atoms with E-state index < -0.39 is 6.10 Å². The van der Waals surface area contributed by atoms with Crippen LogP contribution in [0.2, 0.25) is 5.02 Å². The van der Waals surface area contributed by atoms with E-state index in [1.54, 1.807) is 6.07 Å². The van der Waals surface area contributed by atoms with E-state index in [-0.39, 0.29) is 36.4 Å². The van der Waals surface area contributed by atoms with Crippen molar-refractivity contribution < 1.29 is 9.90 Å². The second-order valence-corrected chi connectivity index (χ2v) is 7.71. The average molecular weight is 552 g/mol. The number of amides is 1. The third kappa shape index (κ3) is 9.36. The second kappa shape index (κ2) is 14.8. The highest BCUT2D eigenvalue weighted by Gasteiger charge is 2.21. The summed E-state index contributed by atoms with van der Waals surface area (Å²) in [6.07, 6.45) is 2.09. The highest BCUT2D eigenvalue weighted by atomic mass is 127. The van der Waals surface area contributed by atoms with Crippen LogP contribution in [0.1, 0.15) is 44.8 Å². The number of halogens is 2. The number of piperidine rings is 1. The third-order valence-electron chi connectivity index (χ3n) is 4.90. The van der Waals surface area contributed by atoms with Gasteiger partial charge in [0.2, 0.25) is 5.91 Å². The van der Waals surface area contributed by atoms with E-state index in [4.69, 9.17) is 11.6 Å². The zero-order valence-corrected chi connectivity index (χ0v) is 21.0. The first-order valence-electron chi connectivity index (χ1n) is 10.5. The molecule has 0 spiro atoms. The molecule has 1 heterocycles. The van der Waals surface area contributed by atoms with Crippen LogP contribution >= 0.6 is 35.6 Å². The molecule has 7 nitrogen and oxygen atoms in total. The molecule has 0 radical (unpaired) electrons. The Kier molecular flexibility index (Phi) is 13.3. The van der Waals surface area contributed by atoms with Gasteiger partial charge in [-0.15, -0.1) is 24.0 Å².